The fraction of sp³-hybridized carbons (Fsp3) is 0.333. The molecular weight excluding hydrogens is 388 g/mol. The SMILES string of the molecule is Cc1ccc(S)c(-c2ccc(OC(C)(C)C)cc2)c1-c1ccc(OC(C)(C)C)cc1. The van der Waals surface area contributed by atoms with Crippen LogP contribution in [0, 0.1) is 6.92 Å². The number of hydrogen-bond donors (Lipinski definition) is 1. The molecule has 0 saturated carbocycles. The summed E-state index contributed by atoms with van der Waals surface area (Å²) >= 11 is 4.79. The van der Waals surface area contributed by atoms with Gasteiger partial charge in [-0.1, -0.05) is 30.3 Å². The predicted molar refractivity (Wildman–Crippen MR) is 130 cm³/mol. The van der Waals surface area contributed by atoms with Crippen molar-refractivity contribution in [2.75, 3.05) is 0 Å². The first-order valence-electron chi connectivity index (χ1n) is 10.3. The minimum Gasteiger partial charge on any atom is -0.488 e. The molecule has 3 rings (SSSR count). The molecule has 2 nitrogen and oxygen atoms in total. The first kappa shape index (κ1) is 22.3. The second kappa shape index (κ2) is 8.39. The lowest BCUT2D eigenvalue weighted by Crippen LogP contribution is -2.22. The molecule has 158 valence electrons. The molecule has 0 aliphatic heterocycles. The van der Waals surface area contributed by atoms with E-state index in [1.165, 1.54) is 11.1 Å². The van der Waals surface area contributed by atoms with Crippen LogP contribution in [0.4, 0.5) is 0 Å². The molecule has 0 aliphatic carbocycles. The Morgan fingerprint density at radius 2 is 0.967 bits per heavy atom. The lowest BCUT2D eigenvalue weighted by atomic mass is 9.91. The molecule has 3 aromatic carbocycles. The number of ether oxygens (including phenoxy) is 2. The first-order chi connectivity index (χ1) is 13.9. The fourth-order valence-corrected chi connectivity index (χ4v) is 3.76. The number of aryl methyl sites for hydroxylation is 1. The highest BCUT2D eigenvalue weighted by molar-refractivity contribution is 7.80. The Morgan fingerprint density at radius 3 is 1.37 bits per heavy atom. The number of thiol groups is 1. The Balaban J connectivity index is 2.02. The zero-order valence-corrected chi connectivity index (χ0v) is 19.9. The highest BCUT2D eigenvalue weighted by Gasteiger charge is 2.17. The summed E-state index contributed by atoms with van der Waals surface area (Å²) < 4.78 is 12.0. The van der Waals surface area contributed by atoms with Gasteiger partial charge in [0.1, 0.15) is 22.7 Å². The maximum absolute atomic E-state index is 5.99. The lowest BCUT2D eigenvalue weighted by molar-refractivity contribution is 0.130. The molecule has 3 aromatic rings. The fourth-order valence-electron chi connectivity index (χ4n) is 3.45. The van der Waals surface area contributed by atoms with Gasteiger partial charge in [0.25, 0.3) is 0 Å². The van der Waals surface area contributed by atoms with Crippen LogP contribution in [0.15, 0.2) is 65.6 Å². The van der Waals surface area contributed by atoms with Crippen LogP contribution in [-0.2, 0) is 0 Å². The van der Waals surface area contributed by atoms with E-state index in [4.69, 9.17) is 22.1 Å². The van der Waals surface area contributed by atoms with Crippen LogP contribution in [0.2, 0.25) is 0 Å². The van der Waals surface area contributed by atoms with E-state index >= 15 is 0 Å². The Bertz CT molecular complexity index is 920. The van der Waals surface area contributed by atoms with Gasteiger partial charge in [0, 0.05) is 10.5 Å². The molecule has 0 heterocycles. The van der Waals surface area contributed by atoms with Gasteiger partial charge in [-0.15, -0.1) is 12.6 Å². The van der Waals surface area contributed by atoms with Crippen molar-refractivity contribution in [3.8, 4) is 33.8 Å². The summed E-state index contributed by atoms with van der Waals surface area (Å²) in [4.78, 5) is 0.954. The zero-order chi connectivity index (χ0) is 22.1. The number of rotatable bonds is 4. The third-order valence-electron chi connectivity index (χ3n) is 4.53. The molecule has 0 amide bonds. The molecule has 30 heavy (non-hydrogen) atoms. The summed E-state index contributed by atoms with van der Waals surface area (Å²) in [6.45, 7) is 14.5. The molecule has 0 spiro atoms. The molecule has 0 atom stereocenters. The topological polar surface area (TPSA) is 18.5 Å². The van der Waals surface area contributed by atoms with Crippen LogP contribution in [0.1, 0.15) is 47.1 Å². The van der Waals surface area contributed by atoms with E-state index in [9.17, 15) is 0 Å². The first-order valence-corrected chi connectivity index (χ1v) is 10.8. The van der Waals surface area contributed by atoms with Crippen molar-refractivity contribution in [3.05, 3.63) is 66.2 Å². The molecule has 0 aromatic heterocycles. The summed E-state index contributed by atoms with van der Waals surface area (Å²) in [5, 5.41) is 0. The second-order valence-electron chi connectivity index (χ2n) is 9.63. The van der Waals surface area contributed by atoms with E-state index in [1.54, 1.807) is 0 Å². The van der Waals surface area contributed by atoms with Gasteiger partial charge in [0.05, 0.1) is 0 Å². The van der Waals surface area contributed by atoms with Crippen LogP contribution in [0.25, 0.3) is 22.3 Å². The van der Waals surface area contributed by atoms with E-state index < -0.39 is 0 Å². The molecular formula is C27H32O2S. The average Bonchev–Trinajstić information content (AvgIpc) is 2.62. The summed E-state index contributed by atoms with van der Waals surface area (Å²) in [5.74, 6) is 1.74. The Morgan fingerprint density at radius 1 is 0.567 bits per heavy atom. The molecule has 0 fully saturated rings. The van der Waals surface area contributed by atoms with Crippen LogP contribution in [0.3, 0.4) is 0 Å². The van der Waals surface area contributed by atoms with Gasteiger partial charge in [-0.2, -0.15) is 0 Å². The molecule has 0 unspecified atom stereocenters. The van der Waals surface area contributed by atoms with Gasteiger partial charge in [-0.05, 0) is 101 Å². The van der Waals surface area contributed by atoms with Crippen molar-refractivity contribution >= 4 is 12.6 Å². The van der Waals surface area contributed by atoms with Gasteiger partial charge >= 0.3 is 0 Å². The van der Waals surface area contributed by atoms with E-state index in [0.29, 0.717) is 0 Å². The van der Waals surface area contributed by atoms with Crippen molar-refractivity contribution < 1.29 is 9.47 Å². The molecule has 0 N–H and O–H groups in total. The number of hydrogen-bond acceptors (Lipinski definition) is 3. The average molecular weight is 421 g/mol. The highest BCUT2D eigenvalue weighted by atomic mass is 32.1. The monoisotopic (exact) mass is 420 g/mol. The Kier molecular flexibility index (Phi) is 6.24. The molecule has 0 aliphatic rings. The van der Waals surface area contributed by atoms with Gasteiger partial charge in [-0.25, -0.2) is 0 Å². The van der Waals surface area contributed by atoms with Crippen LogP contribution in [0.5, 0.6) is 11.5 Å². The Hall–Kier alpha value is -2.39. The molecule has 0 radical (unpaired) electrons. The van der Waals surface area contributed by atoms with E-state index in [-0.39, 0.29) is 11.2 Å². The maximum atomic E-state index is 5.99. The quantitative estimate of drug-likeness (QED) is 0.431. The van der Waals surface area contributed by atoms with Gasteiger partial charge in [0.15, 0.2) is 0 Å². The molecule has 3 heteroatoms. The third kappa shape index (κ3) is 5.60. The smallest absolute Gasteiger partial charge is 0.120 e. The van der Waals surface area contributed by atoms with Crippen molar-refractivity contribution in [3.63, 3.8) is 0 Å². The standard InChI is InChI=1S/C27H32O2S/c1-18-8-17-23(30)25(20-11-15-22(16-12-20)29-27(5,6)7)24(18)19-9-13-21(14-10-19)28-26(2,3)4/h8-17,30H,1-7H3. The predicted octanol–water partition coefficient (Wildman–Crippen LogP) is 7.97. The van der Waals surface area contributed by atoms with E-state index in [0.717, 1.165) is 33.1 Å². The minimum absolute atomic E-state index is 0.218. The summed E-state index contributed by atoms with van der Waals surface area (Å²) in [6, 6.07) is 20.8. The summed E-state index contributed by atoms with van der Waals surface area (Å²) in [5.41, 5.74) is 5.36. The lowest BCUT2D eigenvalue weighted by Gasteiger charge is -2.22. The van der Waals surface area contributed by atoms with Crippen molar-refractivity contribution in [2.24, 2.45) is 0 Å². The Labute approximate surface area is 186 Å². The summed E-state index contributed by atoms with van der Waals surface area (Å²) in [6.07, 6.45) is 0. The molecule has 0 bridgehead atoms. The number of benzene rings is 3. The summed E-state index contributed by atoms with van der Waals surface area (Å²) in [7, 11) is 0. The van der Waals surface area contributed by atoms with E-state index in [2.05, 4.69) is 84.9 Å². The van der Waals surface area contributed by atoms with Gasteiger partial charge in [0.2, 0.25) is 0 Å². The van der Waals surface area contributed by atoms with Crippen LogP contribution in [-0.4, -0.2) is 11.2 Å². The normalized spacial score (nSPS) is 12.0. The highest BCUT2D eigenvalue weighted by Crippen LogP contribution is 2.40. The van der Waals surface area contributed by atoms with Crippen molar-refractivity contribution in [2.45, 2.75) is 64.6 Å². The van der Waals surface area contributed by atoms with Crippen molar-refractivity contribution in [1.29, 1.82) is 0 Å². The molecule has 0 saturated heterocycles. The minimum atomic E-state index is -0.221. The van der Waals surface area contributed by atoms with Gasteiger partial charge < -0.3 is 9.47 Å². The van der Waals surface area contributed by atoms with Crippen molar-refractivity contribution in [1.82, 2.24) is 0 Å². The van der Waals surface area contributed by atoms with Crippen LogP contribution >= 0.6 is 12.6 Å². The van der Waals surface area contributed by atoms with E-state index in [1.807, 2.05) is 24.3 Å². The van der Waals surface area contributed by atoms with Gasteiger partial charge in [-0.3, -0.25) is 0 Å². The third-order valence-corrected chi connectivity index (χ3v) is 4.90. The van der Waals surface area contributed by atoms with Crippen LogP contribution < -0.4 is 9.47 Å². The maximum Gasteiger partial charge on any atom is 0.120 e. The second-order valence-corrected chi connectivity index (χ2v) is 10.1. The zero-order valence-electron chi connectivity index (χ0n) is 19.0. The largest absolute Gasteiger partial charge is 0.488 e.